The fourth-order valence-corrected chi connectivity index (χ4v) is 8.53. The van der Waals surface area contributed by atoms with Crippen LogP contribution in [0.3, 0.4) is 0 Å². The molecule has 0 spiro atoms. The van der Waals surface area contributed by atoms with Gasteiger partial charge in [0.1, 0.15) is 13.1 Å². The number of quaternary nitrogens is 4. The Morgan fingerprint density at radius 1 is 0.304 bits per heavy atom. The van der Waals surface area contributed by atoms with Crippen LogP contribution in [0.15, 0.2) is 24.3 Å². The zero-order valence-corrected chi connectivity index (χ0v) is 40.7. The van der Waals surface area contributed by atoms with Crippen molar-refractivity contribution in [2.75, 3.05) is 102 Å². The highest BCUT2D eigenvalue weighted by Gasteiger charge is 2.29. The summed E-state index contributed by atoms with van der Waals surface area (Å²) in [6.07, 6.45) is 53.0. The third kappa shape index (κ3) is 40.1. The van der Waals surface area contributed by atoms with E-state index in [1.54, 1.807) is 4.90 Å². The van der Waals surface area contributed by atoms with Gasteiger partial charge in [-0.25, -0.2) is 0 Å². The summed E-state index contributed by atoms with van der Waals surface area (Å²) in [6, 6.07) is 0. The lowest BCUT2D eigenvalue weighted by molar-refractivity contribution is -0.966. The first-order valence-corrected chi connectivity index (χ1v) is 25.5. The van der Waals surface area contributed by atoms with Gasteiger partial charge in [-0.1, -0.05) is 141 Å². The van der Waals surface area contributed by atoms with Crippen LogP contribution in [0.5, 0.6) is 0 Å². The van der Waals surface area contributed by atoms with E-state index in [1.165, 1.54) is 260 Å². The Morgan fingerprint density at radius 3 is 0.911 bits per heavy atom. The first-order chi connectivity index (χ1) is 27.0. The van der Waals surface area contributed by atoms with E-state index in [4.69, 9.17) is 0 Å². The van der Waals surface area contributed by atoms with E-state index in [-0.39, 0.29) is 0 Å². The average molecular weight is 791 g/mol. The van der Waals surface area contributed by atoms with Gasteiger partial charge in [0.15, 0.2) is 0 Å². The Kier molecular flexibility index (Phi) is 38.0. The number of hydrogen-bond donors (Lipinski definition) is 1. The quantitative estimate of drug-likeness (QED) is 0.0356. The molecule has 0 rings (SSSR count). The van der Waals surface area contributed by atoms with Gasteiger partial charge in [-0.3, -0.25) is 0 Å². The third-order valence-corrected chi connectivity index (χ3v) is 12.8. The van der Waals surface area contributed by atoms with Crippen molar-refractivity contribution in [3.63, 3.8) is 0 Å². The number of allylic oxidation sites excluding steroid dienone is 4. The summed E-state index contributed by atoms with van der Waals surface area (Å²) >= 11 is 0. The largest absolute Gasteiger partial charge is 0.340 e. The van der Waals surface area contributed by atoms with Gasteiger partial charge in [0, 0.05) is 19.3 Å². The van der Waals surface area contributed by atoms with Crippen molar-refractivity contribution in [2.45, 2.75) is 213 Å². The number of nitrogens with zero attached hydrogens (tertiary/aromatic N) is 3. The van der Waals surface area contributed by atoms with Gasteiger partial charge in [0.2, 0.25) is 0 Å². The van der Waals surface area contributed by atoms with Crippen LogP contribution in [0, 0.1) is 0 Å². The minimum atomic E-state index is 1.09. The van der Waals surface area contributed by atoms with Crippen LogP contribution >= 0.6 is 0 Å². The maximum atomic E-state index is 2.63. The molecule has 0 aromatic carbocycles. The first-order valence-electron chi connectivity index (χ1n) is 25.5. The Morgan fingerprint density at radius 2 is 0.589 bits per heavy atom. The van der Waals surface area contributed by atoms with E-state index in [2.05, 4.69) is 87.5 Å². The Hall–Kier alpha value is -0.680. The lowest BCUT2D eigenvalue weighted by Crippen LogP contribution is -3.05. The molecule has 0 aliphatic rings. The molecule has 334 valence electrons. The molecule has 0 heterocycles. The van der Waals surface area contributed by atoms with E-state index in [9.17, 15) is 0 Å². The van der Waals surface area contributed by atoms with E-state index in [0.717, 1.165) is 4.48 Å². The summed E-state index contributed by atoms with van der Waals surface area (Å²) in [5.41, 5.74) is 0. The first kappa shape index (κ1) is 55.3. The fourth-order valence-electron chi connectivity index (χ4n) is 8.53. The molecule has 56 heavy (non-hydrogen) atoms. The minimum Gasteiger partial charge on any atom is -0.340 e. The van der Waals surface area contributed by atoms with Crippen LogP contribution in [0.25, 0.3) is 0 Å². The zero-order valence-electron chi connectivity index (χ0n) is 40.7. The van der Waals surface area contributed by atoms with Gasteiger partial charge in [0.25, 0.3) is 0 Å². The Labute approximate surface area is 356 Å². The van der Waals surface area contributed by atoms with Crippen molar-refractivity contribution in [1.82, 2.24) is 0 Å². The summed E-state index contributed by atoms with van der Waals surface area (Å²) in [5.74, 6) is 0. The number of rotatable bonds is 44. The van der Waals surface area contributed by atoms with Crippen LogP contribution in [-0.4, -0.2) is 115 Å². The fraction of sp³-hybridized carbons (Fsp3) is 0.923. The van der Waals surface area contributed by atoms with Gasteiger partial charge >= 0.3 is 0 Å². The minimum absolute atomic E-state index is 1.09. The molecule has 0 aromatic heterocycles. The van der Waals surface area contributed by atoms with Crippen LogP contribution < -0.4 is 4.90 Å². The van der Waals surface area contributed by atoms with E-state index in [1.807, 2.05) is 0 Å². The van der Waals surface area contributed by atoms with Gasteiger partial charge < -0.3 is 18.3 Å². The highest BCUT2D eigenvalue weighted by molar-refractivity contribution is 4.82. The molecule has 0 aliphatic heterocycles. The van der Waals surface area contributed by atoms with Crippen LogP contribution in [-0.2, 0) is 0 Å². The molecule has 2 unspecified atom stereocenters. The summed E-state index contributed by atoms with van der Waals surface area (Å²) in [6.45, 7) is 15.4. The van der Waals surface area contributed by atoms with Crippen LogP contribution in [0.1, 0.15) is 213 Å². The topological polar surface area (TPSA) is 4.44 Å². The Balaban J connectivity index is 4.69. The number of hydrogen-bond acceptors (Lipinski definition) is 0. The van der Waals surface area contributed by atoms with E-state index < -0.39 is 0 Å². The molecule has 0 saturated carbocycles. The number of nitrogens with one attached hydrogen (secondary N) is 1. The van der Waals surface area contributed by atoms with Crippen LogP contribution in [0.4, 0.5) is 0 Å². The molecule has 0 bridgehead atoms. The highest BCUT2D eigenvalue weighted by Crippen LogP contribution is 2.18. The normalized spacial score (nSPS) is 14.8. The molecule has 4 heteroatoms. The Bertz CT molecular complexity index is 859. The number of likely N-dealkylation sites (N-methyl/N-ethyl adjacent to an activating group) is 2. The summed E-state index contributed by atoms with van der Waals surface area (Å²) in [7, 11) is 17.0. The SMILES string of the molecule is CCCCCCCC/C=C/CCCCCCCC[N+](C)(CCCC[NH+](C)C)CC[N+](C)(CCCCCCCC/C=C/CCCCCCCC)CCC[N+](C)(C)C. The summed E-state index contributed by atoms with van der Waals surface area (Å²) in [4.78, 5) is 1.60. The van der Waals surface area contributed by atoms with Gasteiger partial charge in [0.05, 0.1) is 88.6 Å². The lowest BCUT2D eigenvalue weighted by Gasteiger charge is -2.41. The predicted molar refractivity (Wildman–Crippen MR) is 255 cm³/mol. The second-order valence-electron chi connectivity index (χ2n) is 20.5. The van der Waals surface area contributed by atoms with E-state index in [0.29, 0.717) is 0 Å². The smallest absolute Gasteiger partial charge is 0.128 e. The van der Waals surface area contributed by atoms with Crippen molar-refractivity contribution in [1.29, 1.82) is 0 Å². The molecule has 0 amide bonds. The molecule has 0 aromatic rings. The molecule has 1 N–H and O–H groups in total. The maximum Gasteiger partial charge on any atom is 0.128 e. The van der Waals surface area contributed by atoms with Gasteiger partial charge in [-0.2, -0.15) is 0 Å². The van der Waals surface area contributed by atoms with Crippen molar-refractivity contribution < 1.29 is 18.3 Å². The third-order valence-electron chi connectivity index (χ3n) is 12.8. The van der Waals surface area contributed by atoms with Crippen molar-refractivity contribution in [3.8, 4) is 0 Å². The van der Waals surface area contributed by atoms with Gasteiger partial charge in [-0.15, -0.1) is 0 Å². The molecule has 0 saturated heterocycles. The monoisotopic (exact) mass is 791 g/mol. The number of unbranched alkanes of at least 4 members (excludes halogenated alkanes) is 25. The molecular formula is C52H110N4+4. The average Bonchev–Trinajstić information content (AvgIpc) is 3.15. The van der Waals surface area contributed by atoms with Crippen molar-refractivity contribution in [3.05, 3.63) is 24.3 Å². The van der Waals surface area contributed by atoms with Crippen molar-refractivity contribution in [2.24, 2.45) is 0 Å². The summed E-state index contributed by atoms with van der Waals surface area (Å²) in [5, 5.41) is 0. The highest BCUT2D eigenvalue weighted by atomic mass is 15.4. The summed E-state index contributed by atoms with van der Waals surface area (Å²) < 4.78 is 3.67. The van der Waals surface area contributed by atoms with Gasteiger partial charge in [-0.05, 0) is 77.0 Å². The molecule has 2 atom stereocenters. The molecule has 0 fully saturated rings. The lowest BCUT2D eigenvalue weighted by atomic mass is 10.1. The molecule has 4 nitrogen and oxygen atoms in total. The zero-order chi connectivity index (χ0) is 41.5. The maximum absolute atomic E-state index is 2.63. The van der Waals surface area contributed by atoms with E-state index >= 15 is 0 Å². The predicted octanol–water partition coefficient (Wildman–Crippen LogP) is 13.0. The molecular weight excluding hydrogens is 681 g/mol. The second kappa shape index (κ2) is 38.5. The second-order valence-corrected chi connectivity index (χ2v) is 20.5. The van der Waals surface area contributed by atoms with Crippen LogP contribution in [0.2, 0.25) is 0 Å². The van der Waals surface area contributed by atoms with Crippen molar-refractivity contribution >= 4 is 0 Å². The molecule has 0 aliphatic carbocycles. The molecule has 0 radical (unpaired) electrons. The standard InChI is InChI=1S/C52H109N4/c1-10-12-14-16-18-20-22-24-26-28-30-32-34-36-38-41-47-55(8,49-43-40-45-53(3)4)51-52-56(9,50-44-46-54(5,6)7)48-42-39-37-35-33-31-29-27-25-23-21-19-17-15-13-11-2/h24-27H,10-23,28-52H2,1-9H3/q+3/p+1/b26-24+,27-25+.